The minimum absolute atomic E-state index is 0.00208. The number of quaternary nitrogens is 1. The summed E-state index contributed by atoms with van der Waals surface area (Å²) < 4.78 is 0.355. The van der Waals surface area contributed by atoms with Crippen LogP contribution in [-0.2, 0) is 4.79 Å². The second-order valence-corrected chi connectivity index (χ2v) is 4.32. The number of nitrogens with zero attached hydrogens (tertiary/aromatic N) is 1. The van der Waals surface area contributed by atoms with Gasteiger partial charge in [-0.1, -0.05) is 18.2 Å². The van der Waals surface area contributed by atoms with Crippen molar-refractivity contribution in [1.82, 2.24) is 4.48 Å². The van der Waals surface area contributed by atoms with Gasteiger partial charge in [-0.25, -0.2) is 9.28 Å². The maximum atomic E-state index is 12.2. The maximum Gasteiger partial charge on any atom is 0.326 e. The molecule has 0 saturated carbocycles. The highest BCUT2D eigenvalue weighted by Gasteiger charge is 2.47. The van der Waals surface area contributed by atoms with E-state index in [-0.39, 0.29) is 11.8 Å². The van der Waals surface area contributed by atoms with E-state index in [0.29, 0.717) is 17.6 Å². The van der Waals surface area contributed by atoms with Gasteiger partial charge in [-0.15, -0.1) is 0 Å². The largest absolute Gasteiger partial charge is 0.326 e. The molecule has 3 nitrogen and oxygen atoms in total. The van der Waals surface area contributed by atoms with Crippen LogP contribution in [0.5, 0.6) is 0 Å². The monoisotopic (exact) mass is 205 g/mol. The van der Waals surface area contributed by atoms with Crippen LogP contribution >= 0.6 is 0 Å². The molecule has 15 heavy (non-hydrogen) atoms. The molecule has 2 N–H and O–H groups in total. The van der Waals surface area contributed by atoms with Crippen LogP contribution in [0.25, 0.3) is 0 Å². The topological polar surface area (TPSA) is 43.1 Å². The van der Waals surface area contributed by atoms with Gasteiger partial charge < -0.3 is 5.73 Å². The third-order valence-electron chi connectivity index (χ3n) is 3.37. The van der Waals surface area contributed by atoms with Crippen molar-refractivity contribution < 1.29 is 4.79 Å². The Kier molecular flexibility index (Phi) is 2.37. The Hall–Kier alpha value is -1.19. The Morgan fingerprint density at radius 1 is 1.40 bits per heavy atom. The lowest BCUT2D eigenvalue weighted by molar-refractivity contribution is -0.128. The molecule has 0 spiro atoms. The Balaban J connectivity index is 2.55. The fourth-order valence-electron chi connectivity index (χ4n) is 2.47. The molecule has 2 rings (SSSR count). The molecule has 0 aliphatic carbocycles. The fourth-order valence-corrected chi connectivity index (χ4v) is 2.47. The number of amides is 1. The standard InChI is InChI=1S/C12H17N2O/c1-9-10-5-3-4-6-11(10)14(2,8-7-13)12(9)15/h3-6,9H,7-8,13H2,1-2H3/q+1. The fraction of sp³-hybridized carbons (Fsp3) is 0.417. The van der Waals surface area contributed by atoms with Crippen LogP contribution in [0.3, 0.4) is 0 Å². The predicted octanol–water partition coefficient (Wildman–Crippen LogP) is 1.23. The molecule has 1 aromatic rings. The van der Waals surface area contributed by atoms with Gasteiger partial charge in [0.15, 0.2) is 0 Å². The van der Waals surface area contributed by atoms with E-state index in [1.807, 2.05) is 38.2 Å². The minimum Gasteiger partial charge on any atom is -0.326 e. The van der Waals surface area contributed by atoms with Gasteiger partial charge in [0.1, 0.15) is 18.2 Å². The SMILES string of the molecule is CC1C(=O)[N+](C)(CCN)c2ccccc21. The second kappa shape index (κ2) is 3.43. The zero-order valence-electron chi connectivity index (χ0n) is 9.23. The van der Waals surface area contributed by atoms with E-state index < -0.39 is 0 Å². The van der Waals surface area contributed by atoms with E-state index in [2.05, 4.69) is 0 Å². The average molecular weight is 205 g/mol. The summed E-state index contributed by atoms with van der Waals surface area (Å²) in [6.45, 7) is 3.19. The van der Waals surface area contributed by atoms with Crippen LogP contribution in [-0.4, -0.2) is 26.0 Å². The molecule has 1 aliphatic rings. The van der Waals surface area contributed by atoms with Crippen LogP contribution in [0.2, 0.25) is 0 Å². The number of benzene rings is 1. The number of fused-ring (bicyclic) bond motifs is 1. The van der Waals surface area contributed by atoms with Crippen molar-refractivity contribution in [2.45, 2.75) is 12.8 Å². The maximum absolute atomic E-state index is 12.2. The van der Waals surface area contributed by atoms with E-state index in [4.69, 9.17) is 5.73 Å². The number of nitrogens with two attached hydrogens (primary N) is 1. The molecular formula is C12H17N2O+. The Labute approximate surface area is 90.1 Å². The summed E-state index contributed by atoms with van der Waals surface area (Å²) in [6.07, 6.45) is 0. The minimum atomic E-state index is -0.00208. The van der Waals surface area contributed by atoms with Crippen LogP contribution in [0.4, 0.5) is 5.69 Å². The number of hydrogen-bond donors (Lipinski definition) is 1. The first kappa shape index (κ1) is 10.3. The molecule has 0 radical (unpaired) electrons. The van der Waals surface area contributed by atoms with Gasteiger partial charge in [-0.05, 0) is 13.0 Å². The number of hydrogen-bond acceptors (Lipinski definition) is 2. The van der Waals surface area contributed by atoms with Gasteiger partial charge in [0.25, 0.3) is 0 Å². The predicted molar refractivity (Wildman–Crippen MR) is 61.5 cm³/mol. The van der Waals surface area contributed by atoms with E-state index in [0.717, 1.165) is 11.3 Å². The lowest BCUT2D eigenvalue weighted by Gasteiger charge is -2.26. The normalized spacial score (nSPS) is 29.3. The first-order valence-electron chi connectivity index (χ1n) is 5.31. The summed E-state index contributed by atoms with van der Waals surface area (Å²) >= 11 is 0. The first-order chi connectivity index (χ1) is 7.11. The molecule has 1 heterocycles. The number of rotatable bonds is 2. The number of carbonyl (C=O) groups excluding carboxylic acids is 1. The summed E-state index contributed by atoms with van der Waals surface area (Å²) in [5, 5.41) is 0. The van der Waals surface area contributed by atoms with Gasteiger partial charge in [-0.2, -0.15) is 0 Å². The summed E-state index contributed by atoms with van der Waals surface area (Å²) in [7, 11) is 1.96. The van der Waals surface area contributed by atoms with E-state index >= 15 is 0 Å². The highest BCUT2D eigenvalue weighted by Crippen LogP contribution is 2.40. The molecule has 2 unspecified atom stereocenters. The van der Waals surface area contributed by atoms with Crippen molar-refractivity contribution >= 4 is 11.6 Å². The van der Waals surface area contributed by atoms with Crippen molar-refractivity contribution in [3.05, 3.63) is 29.8 Å². The van der Waals surface area contributed by atoms with Crippen molar-refractivity contribution in [3.8, 4) is 0 Å². The molecule has 1 aliphatic heterocycles. The molecule has 0 fully saturated rings. The third kappa shape index (κ3) is 1.31. The average Bonchev–Trinajstić information content (AvgIpc) is 2.43. The first-order valence-corrected chi connectivity index (χ1v) is 5.31. The molecule has 80 valence electrons. The van der Waals surface area contributed by atoms with Gasteiger partial charge in [0.2, 0.25) is 0 Å². The van der Waals surface area contributed by atoms with Gasteiger partial charge in [-0.3, -0.25) is 0 Å². The number of carbonyl (C=O) groups is 1. The molecule has 0 saturated heterocycles. The summed E-state index contributed by atoms with van der Waals surface area (Å²) in [5.41, 5.74) is 7.85. The highest BCUT2D eigenvalue weighted by molar-refractivity contribution is 6.00. The molecule has 3 heteroatoms. The molecular weight excluding hydrogens is 188 g/mol. The van der Waals surface area contributed by atoms with Crippen LogP contribution in [0, 0.1) is 0 Å². The smallest absolute Gasteiger partial charge is 0.326 e. The van der Waals surface area contributed by atoms with E-state index in [1.165, 1.54) is 0 Å². The van der Waals surface area contributed by atoms with Crippen LogP contribution < -0.4 is 10.2 Å². The zero-order valence-corrected chi connectivity index (χ0v) is 9.23. The Bertz CT molecular complexity index is 402. The van der Waals surface area contributed by atoms with Crippen LogP contribution in [0.1, 0.15) is 18.4 Å². The van der Waals surface area contributed by atoms with E-state index in [9.17, 15) is 4.79 Å². The van der Waals surface area contributed by atoms with Crippen molar-refractivity contribution in [3.63, 3.8) is 0 Å². The summed E-state index contributed by atoms with van der Waals surface area (Å²) in [5.74, 6) is 0.249. The lowest BCUT2D eigenvalue weighted by Crippen LogP contribution is -2.51. The quantitative estimate of drug-likeness (QED) is 0.738. The zero-order chi connectivity index (χ0) is 11.1. The Morgan fingerprint density at radius 2 is 2.07 bits per heavy atom. The molecule has 1 aromatic carbocycles. The molecule has 2 atom stereocenters. The third-order valence-corrected chi connectivity index (χ3v) is 3.37. The summed E-state index contributed by atoms with van der Waals surface area (Å²) in [6, 6.07) is 8.04. The van der Waals surface area contributed by atoms with Crippen LogP contribution in [0.15, 0.2) is 24.3 Å². The van der Waals surface area contributed by atoms with E-state index in [1.54, 1.807) is 0 Å². The number of para-hydroxylation sites is 1. The Morgan fingerprint density at radius 3 is 2.73 bits per heavy atom. The summed E-state index contributed by atoms with van der Waals surface area (Å²) in [4.78, 5) is 12.2. The molecule has 1 amide bonds. The number of likely N-dealkylation sites (N-methyl/N-ethyl adjacent to an activating group) is 1. The highest BCUT2D eigenvalue weighted by atomic mass is 16.2. The van der Waals surface area contributed by atoms with Gasteiger partial charge in [0, 0.05) is 12.1 Å². The molecule has 0 bridgehead atoms. The second-order valence-electron chi connectivity index (χ2n) is 4.32. The van der Waals surface area contributed by atoms with Crippen molar-refractivity contribution in [1.29, 1.82) is 0 Å². The van der Waals surface area contributed by atoms with Gasteiger partial charge in [0.05, 0.1) is 7.05 Å². The lowest BCUT2D eigenvalue weighted by atomic mass is 10.0. The van der Waals surface area contributed by atoms with Crippen molar-refractivity contribution in [2.24, 2.45) is 5.73 Å². The van der Waals surface area contributed by atoms with Gasteiger partial charge >= 0.3 is 5.91 Å². The molecule has 0 aromatic heterocycles. The van der Waals surface area contributed by atoms with Crippen molar-refractivity contribution in [2.75, 3.05) is 20.1 Å².